The second-order valence-corrected chi connectivity index (χ2v) is 12.9. The lowest BCUT2D eigenvalue weighted by Gasteiger charge is -2.43. The number of fused-ring (bicyclic) bond motifs is 3. The summed E-state index contributed by atoms with van der Waals surface area (Å²) in [5.41, 5.74) is 16.3. The molecule has 7 rings (SSSR count). The number of aryl methyl sites for hydroxylation is 4. The normalized spacial score (nSPS) is 19.5. The van der Waals surface area contributed by atoms with E-state index in [4.69, 9.17) is 9.47 Å². The fraction of sp³-hybridized carbons (Fsp3) is 0.351. The SMILES string of the molecule is Cc1cc(C2(c3cc(C)c(C4(C)COC4)c(C)c3)c3ccccc3-c3ccccc32)cc(C)c1C1(C)COC1. The van der Waals surface area contributed by atoms with Crippen LogP contribution in [-0.2, 0) is 25.7 Å². The molecule has 2 aliphatic heterocycles. The molecule has 0 N–H and O–H groups in total. The van der Waals surface area contributed by atoms with Gasteiger partial charge >= 0.3 is 0 Å². The quantitative estimate of drug-likeness (QED) is 0.243. The molecule has 2 nitrogen and oxygen atoms in total. The Hall–Kier alpha value is -3.20. The standard InChI is InChI=1S/C37H38O2/c1-23-15-27(16-24(2)33(23)35(5)19-38-20-35)37(28-17-25(3)34(26(4)18-28)36(6)21-39-22-36)31-13-9-7-11-29(31)30-12-8-10-14-32(30)37/h7-18H,19-22H2,1-6H3. The third-order valence-electron chi connectivity index (χ3n) is 9.77. The van der Waals surface area contributed by atoms with Gasteiger partial charge in [0.2, 0.25) is 0 Å². The lowest BCUT2D eigenvalue weighted by molar-refractivity contribution is -0.0506. The van der Waals surface area contributed by atoms with Gasteiger partial charge in [-0.3, -0.25) is 0 Å². The topological polar surface area (TPSA) is 18.5 Å². The van der Waals surface area contributed by atoms with E-state index in [2.05, 4.69) is 114 Å². The van der Waals surface area contributed by atoms with E-state index >= 15 is 0 Å². The van der Waals surface area contributed by atoms with E-state index in [9.17, 15) is 0 Å². The molecule has 1 aliphatic carbocycles. The Bertz CT molecular complexity index is 1460. The van der Waals surface area contributed by atoms with Crippen LogP contribution in [0.15, 0.2) is 72.8 Å². The summed E-state index contributed by atoms with van der Waals surface area (Å²) < 4.78 is 11.4. The smallest absolute Gasteiger partial charge is 0.0713 e. The largest absolute Gasteiger partial charge is 0.379 e. The van der Waals surface area contributed by atoms with Crippen LogP contribution < -0.4 is 0 Å². The van der Waals surface area contributed by atoms with Crippen LogP contribution in [0.25, 0.3) is 11.1 Å². The fourth-order valence-electron chi connectivity index (χ4n) is 8.39. The van der Waals surface area contributed by atoms with Crippen molar-refractivity contribution >= 4 is 0 Å². The molecule has 2 saturated heterocycles. The summed E-state index contributed by atoms with van der Waals surface area (Å²) in [5.74, 6) is 0. The van der Waals surface area contributed by atoms with Crippen molar-refractivity contribution in [2.75, 3.05) is 26.4 Å². The Morgan fingerprint density at radius 1 is 0.513 bits per heavy atom. The molecule has 2 heteroatoms. The van der Waals surface area contributed by atoms with Gasteiger partial charge in [0.15, 0.2) is 0 Å². The van der Waals surface area contributed by atoms with Gasteiger partial charge in [-0.15, -0.1) is 0 Å². The van der Waals surface area contributed by atoms with E-state index in [-0.39, 0.29) is 16.2 Å². The lowest BCUT2D eigenvalue weighted by atomic mass is 9.64. The molecule has 3 aliphatic rings. The number of rotatable bonds is 4. The van der Waals surface area contributed by atoms with Crippen molar-refractivity contribution in [2.24, 2.45) is 0 Å². The van der Waals surface area contributed by atoms with Crippen LogP contribution in [0.1, 0.15) is 69.5 Å². The van der Waals surface area contributed by atoms with Gasteiger partial charge in [-0.1, -0.05) is 86.6 Å². The van der Waals surface area contributed by atoms with Crippen LogP contribution in [0.5, 0.6) is 0 Å². The van der Waals surface area contributed by atoms with E-state index < -0.39 is 0 Å². The fourth-order valence-corrected chi connectivity index (χ4v) is 8.39. The highest BCUT2D eigenvalue weighted by Gasteiger charge is 2.48. The molecule has 0 amide bonds. The maximum Gasteiger partial charge on any atom is 0.0713 e. The van der Waals surface area contributed by atoms with Gasteiger partial charge in [0.05, 0.1) is 31.8 Å². The molecule has 0 spiro atoms. The zero-order valence-electron chi connectivity index (χ0n) is 24.1. The number of hydrogen-bond donors (Lipinski definition) is 0. The summed E-state index contributed by atoms with van der Waals surface area (Å²) in [5, 5.41) is 0. The van der Waals surface area contributed by atoms with Gasteiger partial charge in [-0.25, -0.2) is 0 Å². The average molecular weight is 515 g/mol. The molecule has 39 heavy (non-hydrogen) atoms. The third kappa shape index (κ3) is 3.28. The molecule has 0 atom stereocenters. The van der Waals surface area contributed by atoms with Crippen molar-refractivity contribution in [3.05, 3.63) is 128 Å². The molecule has 2 heterocycles. The second kappa shape index (κ2) is 8.40. The summed E-state index contributed by atoms with van der Waals surface area (Å²) in [7, 11) is 0. The van der Waals surface area contributed by atoms with Crippen LogP contribution in [0, 0.1) is 27.7 Å². The average Bonchev–Trinajstić information content (AvgIpc) is 3.17. The lowest BCUT2D eigenvalue weighted by Crippen LogP contribution is -2.45. The van der Waals surface area contributed by atoms with E-state index in [0.717, 1.165) is 26.4 Å². The first-order valence-corrected chi connectivity index (χ1v) is 14.3. The Morgan fingerprint density at radius 2 is 0.846 bits per heavy atom. The predicted octanol–water partition coefficient (Wildman–Crippen LogP) is 7.86. The molecule has 2 fully saturated rings. The Labute approximate surface area is 233 Å². The molecule has 0 aromatic heterocycles. The second-order valence-electron chi connectivity index (χ2n) is 12.9. The van der Waals surface area contributed by atoms with Crippen molar-refractivity contribution in [3.8, 4) is 11.1 Å². The highest BCUT2D eigenvalue weighted by molar-refractivity contribution is 5.86. The highest BCUT2D eigenvalue weighted by Crippen LogP contribution is 2.57. The van der Waals surface area contributed by atoms with Crippen LogP contribution in [0.4, 0.5) is 0 Å². The summed E-state index contributed by atoms with van der Waals surface area (Å²) in [6.45, 7) is 17.1. The first-order valence-electron chi connectivity index (χ1n) is 14.3. The van der Waals surface area contributed by atoms with Gasteiger partial charge in [-0.05, 0) is 94.5 Å². The first-order chi connectivity index (χ1) is 18.7. The number of ether oxygens (including phenoxy) is 2. The molecule has 0 radical (unpaired) electrons. The highest BCUT2D eigenvalue weighted by atomic mass is 16.5. The summed E-state index contributed by atoms with van der Waals surface area (Å²) >= 11 is 0. The zero-order valence-corrected chi connectivity index (χ0v) is 24.1. The van der Waals surface area contributed by atoms with Crippen LogP contribution in [0.2, 0.25) is 0 Å². The number of benzene rings is 4. The van der Waals surface area contributed by atoms with Gasteiger partial charge in [-0.2, -0.15) is 0 Å². The first kappa shape index (κ1) is 24.8. The van der Waals surface area contributed by atoms with Gasteiger partial charge in [0, 0.05) is 10.8 Å². The van der Waals surface area contributed by atoms with Crippen molar-refractivity contribution in [1.29, 1.82) is 0 Å². The van der Waals surface area contributed by atoms with Gasteiger partial charge < -0.3 is 9.47 Å². The Balaban J connectivity index is 1.56. The summed E-state index contributed by atoms with van der Waals surface area (Å²) in [6.07, 6.45) is 0. The maximum atomic E-state index is 5.68. The third-order valence-corrected chi connectivity index (χ3v) is 9.77. The van der Waals surface area contributed by atoms with Crippen molar-refractivity contribution in [1.82, 2.24) is 0 Å². The summed E-state index contributed by atoms with van der Waals surface area (Å²) in [4.78, 5) is 0. The number of hydrogen-bond acceptors (Lipinski definition) is 2. The van der Waals surface area contributed by atoms with Crippen molar-refractivity contribution < 1.29 is 9.47 Å². The van der Waals surface area contributed by atoms with E-state index in [1.54, 1.807) is 0 Å². The van der Waals surface area contributed by atoms with Gasteiger partial charge in [0.25, 0.3) is 0 Å². The minimum Gasteiger partial charge on any atom is -0.379 e. The molecular formula is C37H38O2. The van der Waals surface area contributed by atoms with Crippen LogP contribution in [-0.4, -0.2) is 26.4 Å². The van der Waals surface area contributed by atoms with E-state index in [0.29, 0.717) is 0 Å². The Kier molecular flexibility index (Phi) is 5.34. The Morgan fingerprint density at radius 3 is 1.15 bits per heavy atom. The van der Waals surface area contributed by atoms with Crippen LogP contribution in [0.3, 0.4) is 0 Å². The molecular weight excluding hydrogens is 476 g/mol. The molecule has 4 aromatic carbocycles. The van der Waals surface area contributed by atoms with E-state index in [1.807, 2.05) is 0 Å². The maximum absolute atomic E-state index is 5.68. The summed E-state index contributed by atoms with van der Waals surface area (Å²) in [6, 6.07) is 28.0. The van der Waals surface area contributed by atoms with E-state index in [1.165, 1.54) is 66.8 Å². The molecule has 0 saturated carbocycles. The monoisotopic (exact) mass is 514 g/mol. The van der Waals surface area contributed by atoms with Crippen LogP contribution >= 0.6 is 0 Å². The van der Waals surface area contributed by atoms with Gasteiger partial charge in [0.1, 0.15) is 0 Å². The zero-order chi connectivity index (χ0) is 27.2. The molecule has 0 bridgehead atoms. The molecule has 198 valence electrons. The minimum atomic E-state index is -0.386. The minimum absolute atomic E-state index is 0.0977. The van der Waals surface area contributed by atoms with Crippen molar-refractivity contribution in [2.45, 2.75) is 57.8 Å². The molecule has 4 aromatic rings. The van der Waals surface area contributed by atoms with Crippen molar-refractivity contribution in [3.63, 3.8) is 0 Å². The predicted molar refractivity (Wildman–Crippen MR) is 159 cm³/mol. The molecule has 0 unspecified atom stereocenters.